The van der Waals surface area contributed by atoms with Crippen molar-refractivity contribution in [2.24, 2.45) is 11.3 Å². The van der Waals surface area contributed by atoms with Crippen LogP contribution in [-0.2, 0) is 9.59 Å². The summed E-state index contributed by atoms with van der Waals surface area (Å²) in [6, 6.07) is 0. The predicted octanol–water partition coefficient (Wildman–Crippen LogP) is 2.31. The molecule has 2 fully saturated rings. The second-order valence-corrected chi connectivity index (χ2v) is 6.98. The van der Waals surface area contributed by atoms with E-state index in [0.717, 1.165) is 25.8 Å². The molecule has 98 valence electrons. The number of rotatable bonds is 0. The summed E-state index contributed by atoms with van der Waals surface area (Å²) >= 11 is 0. The summed E-state index contributed by atoms with van der Waals surface area (Å²) in [5.41, 5.74) is 1.14. The molecule has 1 aliphatic heterocycles. The molecule has 1 heterocycles. The molecule has 2 aliphatic carbocycles. The van der Waals surface area contributed by atoms with Crippen molar-refractivity contribution in [1.82, 2.24) is 4.90 Å². The minimum Gasteiger partial charge on any atom is -0.337 e. The lowest BCUT2D eigenvalue weighted by Crippen LogP contribution is -2.44. The monoisotopic (exact) mass is 247 g/mol. The topological polar surface area (TPSA) is 37.4 Å². The summed E-state index contributed by atoms with van der Waals surface area (Å²) in [5, 5.41) is 0. The van der Waals surface area contributed by atoms with E-state index in [1.54, 1.807) is 0 Å². The van der Waals surface area contributed by atoms with Gasteiger partial charge in [0.25, 0.3) is 0 Å². The molecule has 1 saturated carbocycles. The van der Waals surface area contributed by atoms with Crippen LogP contribution in [0.15, 0.2) is 11.6 Å². The van der Waals surface area contributed by atoms with Gasteiger partial charge in [0.05, 0.1) is 0 Å². The van der Waals surface area contributed by atoms with Gasteiger partial charge in [0.15, 0.2) is 5.78 Å². The second-order valence-electron chi connectivity index (χ2n) is 6.98. The smallest absolute Gasteiger partial charge is 0.227 e. The average Bonchev–Trinajstić information content (AvgIpc) is 2.74. The summed E-state index contributed by atoms with van der Waals surface area (Å²) in [6.45, 7) is 7.11. The number of carbonyl (C=O) groups excluding carboxylic acids is 2. The highest BCUT2D eigenvalue weighted by molar-refractivity contribution is 5.94. The minimum absolute atomic E-state index is 0.00171. The molecule has 1 amide bonds. The third-order valence-corrected chi connectivity index (χ3v) is 4.98. The van der Waals surface area contributed by atoms with E-state index >= 15 is 0 Å². The van der Waals surface area contributed by atoms with Gasteiger partial charge in [-0.3, -0.25) is 9.59 Å². The van der Waals surface area contributed by atoms with E-state index in [2.05, 4.69) is 20.8 Å². The van der Waals surface area contributed by atoms with E-state index in [-0.39, 0.29) is 22.7 Å². The molecule has 0 bridgehead atoms. The molecule has 3 nitrogen and oxygen atoms in total. The summed E-state index contributed by atoms with van der Waals surface area (Å²) in [7, 11) is 0. The first-order valence-corrected chi connectivity index (χ1v) is 6.90. The number of allylic oxidation sites excluding steroid dienone is 1. The molecule has 1 spiro atoms. The van der Waals surface area contributed by atoms with Crippen molar-refractivity contribution in [3.8, 4) is 0 Å². The molecule has 3 heteroatoms. The Balaban J connectivity index is 2.01. The summed E-state index contributed by atoms with van der Waals surface area (Å²) < 4.78 is 0. The maximum atomic E-state index is 12.6. The predicted molar refractivity (Wildman–Crippen MR) is 68.9 cm³/mol. The molecule has 3 rings (SSSR count). The first-order chi connectivity index (χ1) is 8.34. The van der Waals surface area contributed by atoms with Gasteiger partial charge in [-0.25, -0.2) is 0 Å². The van der Waals surface area contributed by atoms with E-state index < -0.39 is 0 Å². The highest BCUT2D eigenvalue weighted by Gasteiger charge is 2.59. The molecule has 18 heavy (non-hydrogen) atoms. The van der Waals surface area contributed by atoms with Gasteiger partial charge in [0, 0.05) is 29.8 Å². The van der Waals surface area contributed by atoms with Gasteiger partial charge in [-0.2, -0.15) is 0 Å². The zero-order valence-corrected chi connectivity index (χ0v) is 11.5. The van der Waals surface area contributed by atoms with Gasteiger partial charge in [0.1, 0.15) is 0 Å². The van der Waals surface area contributed by atoms with Gasteiger partial charge >= 0.3 is 0 Å². The van der Waals surface area contributed by atoms with Crippen molar-refractivity contribution in [1.29, 1.82) is 0 Å². The fourth-order valence-electron chi connectivity index (χ4n) is 3.98. The van der Waals surface area contributed by atoms with E-state index in [1.165, 1.54) is 5.57 Å². The van der Waals surface area contributed by atoms with Gasteiger partial charge in [-0.05, 0) is 46.1 Å². The zero-order chi connectivity index (χ0) is 13.1. The van der Waals surface area contributed by atoms with Crippen LogP contribution >= 0.6 is 0 Å². The van der Waals surface area contributed by atoms with Crippen molar-refractivity contribution < 1.29 is 9.59 Å². The van der Waals surface area contributed by atoms with Crippen LogP contribution in [0.1, 0.15) is 46.5 Å². The van der Waals surface area contributed by atoms with Crippen LogP contribution in [0, 0.1) is 11.3 Å². The number of ketones is 1. The third kappa shape index (κ3) is 1.42. The Hall–Kier alpha value is -1.12. The molecule has 0 aromatic heterocycles. The lowest BCUT2D eigenvalue weighted by atomic mass is 9.70. The zero-order valence-electron chi connectivity index (χ0n) is 11.5. The Kier molecular flexibility index (Phi) is 2.30. The average molecular weight is 247 g/mol. The Labute approximate surface area is 108 Å². The van der Waals surface area contributed by atoms with Gasteiger partial charge in [-0.1, -0.05) is 5.57 Å². The van der Waals surface area contributed by atoms with Gasteiger partial charge in [0.2, 0.25) is 5.91 Å². The van der Waals surface area contributed by atoms with Crippen LogP contribution in [0.3, 0.4) is 0 Å². The number of hydrogen-bond acceptors (Lipinski definition) is 2. The van der Waals surface area contributed by atoms with Crippen molar-refractivity contribution in [3.63, 3.8) is 0 Å². The van der Waals surface area contributed by atoms with Crippen molar-refractivity contribution in [3.05, 3.63) is 11.6 Å². The van der Waals surface area contributed by atoms with Crippen LogP contribution in [0.5, 0.6) is 0 Å². The van der Waals surface area contributed by atoms with Gasteiger partial charge in [-0.15, -0.1) is 0 Å². The fourth-order valence-corrected chi connectivity index (χ4v) is 3.98. The van der Waals surface area contributed by atoms with Crippen LogP contribution < -0.4 is 0 Å². The molecule has 1 saturated heterocycles. The maximum absolute atomic E-state index is 12.6. The van der Waals surface area contributed by atoms with E-state index in [1.807, 2.05) is 11.0 Å². The summed E-state index contributed by atoms with van der Waals surface area (Å²) in [6.07, 6.45) is 5.21. The van der Waals surface area contributed by atoms with Crippen molar-refractivity contribution >= 4 is 11.7 Å². The maximum Gasteiger partial charge on any atom is 0.227 e. The quantitative estimate of drug-likeness (QED) is 0.658. The third-order valence-electron chi connectivity index (χ3n) is 4.98. The number of carbonyl (C=O) groups is 2. The normalized spacial score (nSPS) is 35.6. The molecule has 2 atom stereocenters. The summed E-state index contributed by atoms with van der Waals surface area (Å²) in [5.74, 6) is 0.689. The van der Waals surface area contributed by atoms with E-state index in [4.69, 9.17) is 0 Å². The highest BCUT2D eigenvalue weighted by Crippen LogP contribution is 2.57. The number of nitrogens with zero attached hydrogens (tertiary/aromatic N) is 1. The van der Waals surface area contributed by atoms with Crippen molar-refractivity contribution in [2.75, 3.05) is 6.54 Å². The van der Waals surface area contributed by atoms with E-state index in [0.29, 0.717) is 12.3 Å². The second kappa shape index (κ2) is 3.46. The van der Waals surface area contributed by atoms with Crippen LogP contribution in [-0.4, -0.2) is 28.7 Å². The molecule has 0 radical (unpaired) electrons. The minimum atomic E-state index is -0.108. The molecule has 0 aromatic carbocycles. The van der Waals surface area contributed by atoms with Crippen molar-refractivity contribution in [2.45, 2.75) is 52.0 Å². The summed E-state index contributed by atoms with van der Waals surface area (Å²) in [4.78, 5) is 26.2. The Bertz CT molecular complexity index is 458. The Morgan fingerprint density at radius 2 is 2.00 bits per heavy atom. The lowest BCUT2D eigenvalue weighted by molar-refractivity contribution is -0.135. The number of likely N-dealkylation sites (tertiary alicyclic amines) is 1. The standard InChI is InChI=1S/C15H21NO2/c1-14(2,3)16-9-15-7-6-11(17)8-10(15)4-5-12(15)13(16)18/h8,12H,4-7,9H2,1-3H3/t12-,15-/m1/s1. The molecule has 3 aliphatic rings. The SMILES string of the molecule is CC(C)(C)N1C[C@]23CCC(=O)C=C2CC[C@@H]3C1=O. The highest BCUT2D eigenvalue weighted by atomic mass is 16.2. The first kappa shape index (κ1) is 11.9. The first-order valence-electron chi connectivity index (χ1n) is 6.90. The Morgan fingerprint density at radius 1 is 1.28 bits per heavy atom. The molecule has 0 unspecified atom stereocenters. The number of hydrogen-bond donors (Lipinski definition) is 0. The molecule has 0 N–H and O–H groups in total. The van der Waals surface area contributed by atoms with Crippen LogP contribution in [0.4, 0.5) is 0 Å². The molecule has 0 aromatic rings. The largest absolute Gasteiger partial charge is 0.337 e. The molecular weight excluding hydrogens is 226 g/mol. The van der Waals surface area contributed by atoms with E-state index in [9.17, 15) is 9.59 Å². The van der Waals surface area contributed by atoms with Gasteiger partial charge < -0.3 is 4.90 Å². The lowest BCUT2D eigenvalue weighted by Gasteiger charge is -2.36. The van der Waals surface area contributed by atoms with Crippen LogP contribution in [0.2, 0.25) is 0 Å². The Morgan fingerprint density at radius 3 is 2.67 bits per heavy atom. The number of amides is 1. The fraction of sp³-hybridized carbons (Fsp3) is 0.733. The molecular formula is C15H21NO2. The van der Waals surface area contributed by atoms with Crippen LogP contribution in [0.25, 0.3) is 0 Å².